The third-order valence-corrected chi connectivity index (χ3v) is 4.58. The molecule has 3 aromatic heterocycles. The van der Waals surface area contributed by atoms with Gasteiger partial charge >= 0.3 is 5.63 Å². The number of hydrogen-bond donors (Lipinski definition) is 1. The fourth-order valence-electron chi connectivity index (χ4n) is 3.35. The Kier molecular flexibility index (Phi) is 3.36. The highest BCUT2D eigenvalue weighted by molar-refractivity contribution is 6.12. The van der Waals surface area contributed by atoms with Crippen LogP contribution < -0.4 is 10.4 Å². The molecule has 0 amide bonds. The Hall–Kier alpha value is -3.80. The van der Waals surface area contributed by atoms with Crippen LogP contribution in [-0.2, 0) is 0 Å². The molecule has 0 unspecified atom stereocenters. The Balaban J connectivity index is 1.79. The number of methoxy groups -OCH3 is 1. The van der Waals surface area contributed by atoms with E-state index < -0.39 is 5.63 Å². The summed E-state index contributed by atoms with van der Waals surface area (Å²) < 4.78 is 16.4. The summed E-state index contributed by atoms with van der Waals surface area (Å²) in [4.78, 5) is 19.7. The van der Waals surface area contributed by atoms with Crippen LogP contribution in [0, 0.1) is 0 Å². The number of furan rings is 1. The topological polar surface area (TPSA) is 80.7 Å². The van der Waals surface area contributed by atoms with Crippen LogP contribution in [0.1, 0.15) is 5.56 Å². The third kappa shape index (κ3) is 2.34. The Labute approximate surface area is 152 Å². The van der Waals surface area contributed by atoms with Crippen molar-refractivity contribution in [1.29, 1.82) is 0 Å². The number of ether oxygens (including phenoxy) is 1. The quantitative estimate of drug-likeness (QED) is 0.372. The monoisotopic (exact) mass is 358 g/mol. The fraction of sp³-hybridized carbons (Fsp3) is 0.0476. The van der Waals surface area contributed by atoms with E-state index in [1.54, 1.807) is 18.5 Å². The zero-order chi connectivity index (χ0) is 18.4. The number of para-hydroxylation sites is 1. The van der Waals surface area contributed by atoms with Gasteiger partial charge in [-0.1, -0.05) is 18.2 Å². The van der Waals surface area contributed by atoms with E-state index in [1.165, 1.54) is 13.2 Å². The molecule has 27 heavy (non-hydrogen) atoms. The van der Waals surface area contributed by atoms with Crippen LogP contribution in [-0.4, -0.2) is 18.3 Å². The maximum absolute atomic E-state index is 11.7. The van der Waals surface area contributed by atoms with Gasteiger partial charge in [-0.3, -0.25) is 4.99 Å². The molecule has 6 heteroatoms. The van der Waals surface area contributed by atoms with Crippen molar-refractivity contribution in [2.45, 2.75) is 0 Å². The summed E-state index contributed by atoms with van der Waals surface area (Å²) in [5.41, 5.74) is 3.01. The summed E-state index contributed by atoms with van der Waals surface area (Å²) >= 11 is 0. The van der Waals surface area contributed by atoms with E-state index in [9.17, 15) is 4.79 Å². The first kappa shape index (κ1) is 15.5. The van der Waals surface area contributed by atoms with E-state index in [4.69, 9.17) is 18.6 Å². The summed E-state index contributed by atoms with van der Waals surface area (Å²) in [7, 11) is 1.51. The van der Waals surface area contributed by atoms with Gasteiger partial charge in [0.1, 0.15) is 0 Å². The van der Waals surface area contributed by atoms with E-state index in [1.807, 2.05) is 36.5 Å². The molecule has 6 nitrogen and oxygen atoms in total. The number of aromatic nitrogens is 1. The molecule has 1 N–H and O–H groups in total. The second kappa shape index (κ2) is 5.88. The van der Waals surface area contributed by atoms with E-state index in [0.29, 0.717) is 28.0 Å². The number of hydrogen-bond acceptors (Lipinski definition) is 5. The van der Waals surface area contributed by atoms with Crippen LogP contribution in [0.2, 0.25) is 0 Å². The first-order valence-electron chi connectivity index (χ1n) is 8.37. The number of H-pyrrole nitrogens is 1. The van der Waals surface area contributed by atoms with Gasteiger partial charge in [0.15, 0.2) is 11.2 Å². The molecule has 3 heterocycles. The van der Waals surface area contributed by atoms with Gasteiger partial charge in [0.2, 0.25) is 5.75 Å². The van der Waals surface area contributed by atoms with Crippen molar-refractivity contribution in [3.8, 4) is 5.75 Å². The second-order valence-corrected chi connectivity index (χ2v) is 6.09. The Morgan fingerprint density at radius 1 is 1.04 bits per heavy atom. The largest absolute Gasteiger partial charge is 0.490 e. The number of fused-ring (bicyclic) bond motifs is 3. The molecule has 0 bridgehead atoms. The Morgan fingerprint density at radius 3 is 2.78 bits per heavy atom. The first-order valence-corrected chi connectivity index (χ1v) is 8.37. The summed E-state index contributed by atoms with van der Waals surface area (Å²) in [6, 6.07) is 12.9. The molecule has 0 aliphatic rings. The highest BCUT2D eigenvalue weighted by atomic mass is 16.5. The summed E-state index contributed by atoms with van der Waals surface area (Å²) in [6.07, 6.45) is 5.26. The smallest absolute Gasteiger partial charge is 0.336 e. The van der Waals surface area contributed by atoms with Gasteiger partial charge in [-0.25, -0.2) is 4.79 Å². The molecular weight excluding hydrogens is 344 g/mol. The third-order valence-electron chi connectivity index (χ3n) is 4.58. The maximum Gasteiger partial charge on any atom is 0.336 e. The van der Waals surface area contributed by atoms with Gasteiger partial charge in [0.05, 0.1) is 24.4 Å². The van der Waals surface area contributed by atoms with Gasteiger partial charge in [-0.05, 0) is 18.2 Å². The molecule has 0 spiro atoms. The zero-order valence-corrected chi connectivity index (χ0v) is 14.4. The first-order chi connectivity index (χ1) is 13.3. The minimum atomic E-state index is -0.460. The molecule has 0 radical (unpaired) electrons. The van der Waals surface area contributed by atoms with Crippen molar-refractivity contribution in [1.82, 2.24) is 4.98 Å². The lowest BCUT2D eigenvalue weighted by Gasteiger charge is -2.08. The summed E-state index contributed by atoms with van der Waals surface area (Å²) in [5, 5.41) is 2.54. The number of rotatable bonds is 3. The minimum Gasteiger partial charge on any atom is -0.490 e. The number of aliphatic imine (C=N–C) groups is 1. The number of nitrogens with zero attached hydrogens (tertiary/aromatic N) is 1. The van der Waals surface area contributed by atoms with Gasteiger partial charge in [-0.15, -0.1) is 0 Å². The molecule has 2 aromatic carbocycles. The SMILES string of the molecule is COc1c2occc2c(N=Cc2c[nH]c3ccccc23)c2ccc(=O)oc12. The molecule has 0 atom stereocenters. The van der Waals surface area contributed by atoms with Crippen LogP contribution in [0.25, 0.3) is 32.8 Å². The maximum atomic E-state index is 11.7. The Bertz CT molecular complexity index is 1390. The van der Waals surface area contributed by atoms with E-state index in [0.717, 1.165) is 21.9 Å². The lowest BCUT2D eigenvalue weighted by Crippen LogP contribution is -1.97. The molecule has 0 fully saturated rings. The normalized spacial score (nSPS) is 11.9. The van der Waals surface area contributed by atoms with Crippen molar-refractivity contribution in [3.63, 3.8) is 0 Å². The molecule has 5 rings (SSSR count). The fourth-order valence-corrected chi connectivity index (χ4v) is 3.35. The predicted octanol–water partition coefficient (Wildman–Crippen LogP) is 4.78. The van der Waals surface area contributed by atoms with Crippen LogP contribution >= 0.6 is 0 Å². The number of benzene rings is 2. The molecule has 5 aromatic rings. The second-order valence-electron chi connectivity index (χ2n) is 6.09. The van der Waals surface area contributed by atoms with Gasteiger partial charge < -0.3 is 18.6 Å². The summed E-state index contributed by atoms with van der Waals surface area (Å²) in [6.45, 7) is 0. The highest BCUT2D eigenvalue weighted by Crippen LogP contribution is 2.42. The van der Waals surface area contributed by atoms with Gasteiger partial charge in [0, 0.05) is 40.3 Å². The van der Waals surface area contributed by atoms with E-state index >= 15 is 0 Å². The molecule has 132 valence electrons. The van der Waals surface area contributed by atoms with Crippen LogP contribution in [0.4, 0.5) is 5.69 Å². The number of nitrogens with one attached hydrogen (secondary N) is 1. The van der Waals surface area contributed by atoms with Crippen LogP contribution in [0.5, 0.6) is 5.75 Å². The highest BCUT2D eigenvalue weighted by Gasteiger charge is 2.19. The zero-order valence-electron chi connectivity index (χ0n) is 14.4. The van der Waals surface area contributed by atoms with Crippen molar-refractivity contribution in [2.24, 2.45) is 4.99 Å². The van der Waals surface area contributed by atoms with Crippen molar-refractivity contribution < 1.29 is 13.6 Å². The van der Waals surface area contributed by atoms with Crippen molar-refractivity contribution in [3.05, 3.63) is 70.9 Å². The molecule has 0 aliphatic heterocycles. The average molecular weight is 358 g/mol. The predicted molar refractivity (Wildman–Crippen MR) is 104 cm³/mol. The average Bonchev–Trinajstić information content (AvgIpc) is 3.32. The summed E-state index contributed by atoms with van der Waals surface area (Å²) in [5.74, 6) is 0.383. The van der Waals surface area contributed by atoms with E-state index in [-0.39, 0.29) is 0 Å². The molecule has 0 saturated heterocycles. The molecular formula is C21H14N2O4. The van der Waals surface area contributed by atoms with Crippen molar-refractivity contribution in [2.75, 3.05) is 7.11 Å². The molecule has 0 saturated carbocycles. The molecule has 0 aliphatic carbocycles. The lowest BCUT2D eigenvalue weighted by atomic mass is 10.1. The van der Waals surface area contributed by atoms with Crippen LogP contribution in [0.3, 0.4) is 0 Å². The standard InChI is InChI=1S/C21H14N2O4/c1-25-21-19-15(8-9-26-19)18(14-6-7-17(24)27-20(14)21)23-11-12-10-22-16-5-3-2-4-13(12)16/h2-11,22H,1H3. The minimum absolute atomic E-state index is 0.318. The van der Waals surface area contributed by atoms with Gasteiger partial charge in [-0.2, -0.15) is 0 Å². The van der Waals surface area contributed by atoms with E-state index in [2.05, 4.69) is 4.98 Å². The number of aromatic amines is 1. The van der Waals surface area contributed by atoms with Crippen LogP contribution in [0.15, 0.2) is 73.5 Å². The Morgan fingerprint density at radius 2 is 1.89 bits per heavy atom. The lowest BCUT2D eigenvalue weighted by molar-refractivity contribution is 0.403. The van der Waals surface area contributed by atoms with Gasteiger partial charge in [0.25, 0.3) is 0 Å². The van der Waals surface area contributed by atoms with Crippen molar-refractivity contribution >= 4 is 44.7 Å².